The third-order valence-corrected chi connectivity index (χ3v) is 5.19. The van der Waals surface area contributed by atoms with E-state index in [2.05, 4.69) is 50.1 Å². The summed E-state index contributed by atoms with van der Waals surface area (Å²) < 4.78 is 0. The van der Waals surface area contributed by atoms with Crippen LogP contribution in [0, 0.1) is 17.7 Å². The molecule has 0 aliphatic heterocycles. The minimum Gasteiger partial charge on any atom is -0.400 e. The number of nitrogens with one attached hydrogen (secondary N) is 1. The predicted molar refractivity (Wildman–Crippen MR) is 87.9 cm³/mol. The van der Waals surface area contributed by atoms with Crippen molar-refractivity contribution in [3.63, 3.8) is 0 Å². The molecule has 3 nitrogen and oxygen atoms in total. The van der Waals surface area contributed by atoms with Crippen LogP contribution >= 0.6 is 0 Å². The highest BCUT2D eigenvalue weighted by Gasteiger charge is 2.63. The molecule has 2 saturated carbocycles. The summed E-state index contributed by atoms with van der Waals surface area (Å²) in [4.78, 5) is 2.11. The first kappa shape index (κ1) is 16.0. The molecule has 1 aromatic carbocycles. The number of aliphatic hydroxyl groups excluding tert-OH is 1. The zero-order chi connectivity index (χ0) is 15.7. The number of amidine groups is 1. The highest BCUT2D eigenvalue weighted by molar-refractivity contribution is 5.92. The normalized spacial score (nSPS) is 20.0. The predicted octanol–water partition coefficient (Wildman–Crippen LogP) is 3.34. The zero-order valence-corrected chi connectivity index (χ0v) is 13.7. The number of hydrogen-bond acceptors (Lipinski definition) is 2. The molecule has 2 aliphatic rings. The van der Waals surface area contributed by atoms with Gasteiger partial charge in [-0.1, -0.05) is 29.8 Å². The van der Waals surface area contributed by atoms with E-state index in [4.69, 9.17) is 10.5 Å². The number of aliphatic hydroxyl groups is 1. The van der Waals surface area contributed by atoms with Crippen molar-refractivity contribution < 1.29 is 5.11 Å². The Morgan fingerprint density at radius 1 is 1.29 bits per heavy atom. The third-order valence-electron chi connectivity index (χ3n) is 5.19. The van der Waals surface area contributed by atoms with Gasteiger partial charge in [0.05, 0.1) is 5.41 Å². The smallest absolute Gasteiger partial charge is 0.106 e. The summed E-state index contributed by atoms with van der Waals surface area (Å²) in [6, 6.07) is 8.80. The SMILES string of the molecule is CCN(C)C(=N)C1(c2cccc(C)c2)CC2(CC2)C1.CO. The van der Waals surface area contributed by atoms with Gasteiger partial charge in [-0.25, -0.2) is 0 Å². The number of hydrogen-bond donors (Lipinski definition) is 2. The molecule has 1 aromatic rings. The van der Waals surface area contributed by atoms with Crippen molar-refractivity contribution in [1.82, 2.24) is 4.90 Å². The first-order chi connectivity index (χ1) is 10.0. The quantitative estimate of drug-likeness (QED) is 0.662. The molecule has 0 radical (unpaired) electrons. The Hall–Kier alpha value is -1.35. The summed E-state index contributed by atoms with van der Waals surface area (Å²) in [5.41, 5.74) is 3.26. The van der Waals surface area contributed by atoms with Gasteiger partial charge in [-0.2, -0.15) is 0 Å². The monoisotopic (exact) mass is 288 g/mol. The van der Waals surface area contributed by atoms with Crippen LogP contribution in [0.1, 0.15) is 43.7 Å². The minimum absolute atomic E-state index is 0.00667. The van der Waals surface area contributed by atoms with E-state index in [1.54, 1.807) is 0 Å². The van der Waals surface area contributed by atoms with E-state index >= 15 is 0 Å². The van der Waals surface area contributed by atoms with Crippen LogP contribution in [0.4, 0.5) is 0 Å². The molecule has 0 unspecified atom stereocenters. The molecule has 0 bridgehead atoms. The van der Waals surface area contributed by atoms with Gasteiger partial charge in [-0.15, -0.1) is 0 Å². The Morgan fingerprint density at radius 2 is 1.90 bits per heavy atom. The Morgan fingerprint density at radius 3 is 2.38 bits per heavy atom. The lowest BCUT2D eigenvalue weighted by Gasteiger charge is -2.51. The van der Waals surface area contributed by atoms with E-state index in [1.807, 2.05) is 0 Å². The van der Waals surface area contributed by atoms with E-state index in [0.717, 1.165) is 19.5 Å². The Labute approximate surface area is 128 Å². The summed E-state index contributed by atoms with van der Waals surface area (Å²) in [5, 5.41) is 15.6. The van der Waals surface area contributed by atoms with Gasteiger partial charge in [-0.05, 0) is 50.5 Å². The topological polar surface area (TPSA) is 47.3 Å². The fourth-order valence-corrected chi connectivity index (χ4v) is 3.73. The highest BCUT2D eigenvalue weighted by atomic mass is 16.2. The summed E-state index contributed by atoms with van der Waals surface area (Å²) >= 11 is 0. The molecule has 3 heteroatoms. The maximum absolute atomic E-state index is 8.64. The Bertz CT molecular complexity index is 512. The van der Waals surface area contributed by atoms with Gasteiger partial charge in [0.15, 0.2) is 0 Å². The van der Waals surface area contributed by atoms with Crippen LogP contribution in [0.3, 0.4) is 0 Å². The van der Waals surface area contributed by atoms with Crippen molar-refractivity contribution in [3.8, 4) is 0 Å². The highest BCUT2D eigenvalue weighted by Crippen LogP contribution is 2.69. The van der Waals surface area contributed by atoms with Crippen molar-refractivity contribution in [2.75, 3.05) is 20.7 Å². The molecule has 3 rings (SSSR count). The zero-order valence-electron chi connectivity index (χ0n) is 13.7. The molecule has 116 valence electrons. The van der Waals surface area contributed by atoms with E-state index in [9.17, 15) is 0 Å². The molecule has 0 atom stereocenters. The minimum atomic E-state index is -0.00667. The molecule has 0 saturated heterocycles. The van der Waals surface area contributed by atoms with E-state index in [-0.39, 0.29) is 5.41 Å². The van der Waals surface area contributed by atoms with Crippen molar-refractivity contribution in [1.29, 1.82) is 5.41 Å². The fourth-order valence-electron chi connectivity index (χ4n) is 3.73. The van der Waals surface area contributed by atoms with Crippen molar-refractivity contribution in [3.05, 3.63) is 35.4 Å². The van der Waals surface area contributed by atoms with Crippen LogP contribution < -0.4 is 0 Å². The average molecular weight is 288 g/mol. The standard InChI is InChI=1S/C17H24N2.CH4O/c1-4-19(3)15(18)17(11-16(12-17)8-9-16)14-7-5-6-13(2)10-14;1-2/h5-7,10,18H,4,8-9,11-12H2,1-3H3;2H,1H3. The second kappa shape index (κ2) is 5.80. The van der Waals surface area contributed by atoms with Crippen LogP contribution in [0.15, 0.2) is 24.3 Å². The van der Waals surface area contributed by atoms with Crippen LogP contribution in [0.25, 0.3) is 0 Å². The number of rotatable bonds is 3. The van der Waals surface area contributed by atoms with Gasteiger partial charge < -0.3 is 10.0 Å². The molecule has 0 heterocycles. The van der Waals surface area contributed by atoms with Crippen LogP contribution in [0.2, 0.25) is 0 Å². The number of nitrogens with zero attached hydrogens (tertiary/aromatic N) is 1. The molecule has 2 N–H and O–H groups in total. The first-order valence-corrected chi connectivity index (χ1v) is 7.83. The number of likely N-dealkylation sites (N-methyl/N-ethyl adjacent to an activating group) is 1. The van der Waals surface area contributed by atoms with Gasteiger partial charge in [0.25, 0.3) is 0 Å². The van der Waals surface area contributed by atoms with E-state index in [0.29, 0.717) is 5.41 Å². The van der Waals surface area contributed by atoms with Crippen LogP contribution in [0.5, 0.6) is 0 Å². The van der Waals surface area contributed by atoms with Gasteiger partial charge in [0.1, 0.15) is 5.84 Å². The van der Waals surface area contributed by atoms with Crippen molar-refractivity contribution >= 4 is 5.84 Å². The van der Waals surface area contributed by atoms with Crippen molar-refractivity contribution in [2.24, 2.45) is 5.41 Å². The van der Waals surface area contributed by atoms with Gasteiger partial charge in [0.2, 0.25) is 0 Å². The molecule has 1 spiro atoms. The molecule has 2 aliphatic carbocycles. The fraction of sp³-hybridized carbons (Fsp3) is 0.611. The molecule has 2 fully saturated rings. The maximum Gasteiger partial charge on any atom is 0.106 e. The molecule has 0 amide bonds. The van der Waals surface area contributed by atoms with Crippen LogP contribution in [-0.2, 0) is 5.41 Å². The summed E-state index contributed by atoms with van der Waals surface area (Å²) in [6.45, 7) is 5.19. The lowest BCUT2D eigenvalue weighted by Crippen LogP contribution is -2.54. The Balaban J connectivity index is 0.000000774. The van der Waals surface area contributed by atoms with Crippen molar-refractivity contribution in [2.45, 2.75) is 44.9 Å². The first-order valence-electron chi connectivity index (χ1n) is 7.83. The number of benzene rings is 1. The summed E-state index contributed by atoms with van der Waals surface area (Å²) in [6.07, 6.45) is 5.13. The third kappa shape index (κ3) is 2.71. The van der Waals surface area contributed by atoms with Gasteiger partial charge in [0, 0.05) is 20.7 Å². The van der Waals surface area contributed by atoms with Gasteiger partial charge >= 0.3 is 0 Å². The average Bonchev–Trinajstić information content (AvgIpc) is 3.26. The molecule has 21 heavy (non-hydrogen) atoms. The molecule has 0 aromatic heterocycles. The van der Waals surface area contributed by atoms with Gasteiger partial charge in [-0.3, -0.25) is 5.41 Å². The van der Waals surface area contributed by atoms with Crippen LogP contribution in [-0.4, -0.2) is 36.5 Å². The summed E-state index contributed by atoms with van der Waals surface area (Å²) in [5.74, 6) is 0.818. The molecular formula is C18H28N2O. The summed E-state index contributed by atoms with van der Waals surface area (Å²) in [7, 11) is 3.05. The lowest BCUT2D eigenvalue weighted by molar-refractivity contribution is 0.168. The number of aryl methyl sites for hydroxylation is 1. The second-order valence-corrected chi connectivity index (χ2v) is 6.67. The van der Waals surface area contributed by atoms with E-state index < -0.39 is 0 Å². The largest absolute Gasteiger partial charge is 0.400 e. The van der Waals surface area contributed by atoms with E-state index in [1.165, 1.54) is 36.8 Å². The second-order valence-electron chi connectivity index (χ2n) is 6.67. The lowest BCUT2D eigenvalue weighted by atomic mass is 9.55. The Kier molecular flexibility index (Phi) is 4.43. The maximum atomic E-state index is 8.64. The molecular weight excluding hydrogens is 260 g/mol.